The topological polar surface area (TPSA) is 63.1 Å². The van der Waals surface area contributed by atoms with E-state index in [9.17, 15) is 4.79 Å². The fraction of sp³-hybridized carbons (Fsp3) is 0.769. The zero-order chi connectivity index (χ0) is 13.0. The number of likely N-dealkylation sites (tertiary alicyclic amines) is 1. The molecule has 2 aliphatic heterocycles. The van der Waals surface area contributed by atoms with Gasteiger partial charge in [-0.05, 0) is 31.7 Å². The third-order valence-electron chi connectivity index (χ3n) is 4.56. The number of nitrogens with zero attached hydrogens (tertiary/aromatic N) is 4. The maximum atomic E-state index is 12.1. The van der Waals surface area contributed by atoms with Crippen LogP contribution in [0.25, 0.3) is 0 Å². The van der Waals surface area contributed by atoms with Crippen molar-refractivity contribution in [3.05, 3.63) is 11.6 Å². The molecule has 1 aromatic heterocycles. The van der Waals surface area contributed by atoms with Crippen molar-refractivity contribution < 1.29 is 4.79 Å². The van der Waals surface area contributed by atoms with Crippen LogP contribution in [0.1, 0.15) is 29.3 Å². The SMILES string of the molecule is CN1C[C@H]2Cc3nnc(C(=O)NC4CC4)n3C[C@H]2C1. The van der Waals surface area contributed by atoms with E-state index >= 15 is 0 Å². The summed E-state index contributed by atoms with van der Waals surface area (Å²) < 4.78 is 2.04. The maximum Gasteiger partial charge on any atom is 0.289 e. The second-order valence-electron chi connectivity index (χ2n) is 6.24. The van der Waals surface area contributed by atoms with Crippen LogP contribution in [0.15, 0.2) is 0 Å². The number of carbonyl (C=O) groups excluding carboxylic acids is 1. The summed E-state index contributed by atoms with van der Waals surface area (Å²) in [6.07, 6.45) is 3.16. The summed E-state index contributed by atoms with van der Waals surface area (Å²) in [7, 11) is 2.17. The van der Waals surface area contributed by atoms with Gasteiger partial charge >= 0.3 is 0 Å². The molecule has 1 saturated carbocycles. The number of fused-ring (bicyclic) bond motifs is 2. The fourth-order valence-corrected chi connectivity index (χ4v) is 3.40. The van der Waals surface area contributed by atoms with Gasteiger partial charge in [0.05, 0.1) is 0 Å². The van der Waals surface area contributed by atoms with Gasteiger partial charge in [-0.25, -0.2) is 0 Å². The van der Waals surface area contributed by atoms with Crippen LogP contribution < -0.4 is 5.32 Å². The Balaban J connectivity index is 1.58. The first kappa shape index (κ1) is 11.4. The molecule has 1 amide bonds. The van der Waals surface area contributed by atoms with Gasteiger partial charge in [-0.1, -0.05) is 0 Å². The Morgan fingerprint density at radius 3 is 2.79 bits per heavy atom. The third-order valence-corrected chi connectivity index (χ3v) is 4.56. The van der Waals surface area contributed by atoms with Crippen LogP contribution in [0.2, 0.25) is 0 Å². The molecule has 6 heteroatoms. The lowest BCUT2D eigenvalue weighted by Crippen LogP contribution is -2.33. The van der Waals surface area contributed by atoms with Crippen molar-refractivity contribution in [3.63, 3.8) is 0 Å². The minimum Gasteiger partial charge on any atom is -0.347 e. The maximum absolute atomic E-state index is 12.1. The molecule has 0 unspecified atom stereocenters. The molecule has 0 spiro atoms. The van der Waals surface area contributed by atoms with Gasteiger partial charge < -0.3 is 14.8 Å². The molecule has 1 saturated heterocycles. The predicted molar refractivity (Wildman–Crippen MR) is 68.7 cm³/mol. The summed E-state index contributed by atoms with van der Waals surface area (Å²) in [5.41, 5.74) is 0. The lowest BCUT2D eigenvalue weighted by Gasteiger charge is -2.25. The van der Waals surface area contributed by atoms with Crippen molar-refractivity contribution in [2.45, 2.75) is 31.8 Å². The summed E-state index contributed by atoms with van der Waals surface area (Å²) >= 11 is 0. The van der Waals surface area contributed by atoms with Gasteiger partial charge in [0.15, 0.2) is 0 Å². The highest BCUT2D eigenvalue weighted by molar-refractivity contribution is 5.91. The Morgan fingerprint density at radius 2 is 2.00 bits per heavy atom. The van der Waals surface area contributed by atoms with Crippen molar-refractivity contribution in [2.24, 2.45) is 11.8 Å². The van der Waals surface area contributed by atoms with Gasteiger partial charge in [-0.3, -0.25) is 4.79 Å². The van der Waals surface area contributed by atoms with Gasteiger partial charge in [-0.2, -0.15) is 0 Å². The van der Waals surface area contributed by atoms with E-state index < -0.39 is 0 Å². The minimum atomic E-state index is -0.0500. The fourth-order valence-electron chi connectivity index (χ4n) is 3.40. The van der Waals surface area contributed by atoms with E-state index in [4.69, 9.17) is 0 Å². The lowest BCUT2D eigenvalue weighted by molar-refractivity contribution is 0.0932. The third kappa shape index (κ3) is 1.94. The molecule has 6 nitrogen and oxygen atoms in total. The molecular weight excluding hydrogens is 242 g/mol. The van der Waals surface area contributed by atoms with E-state index in [1.165, 1.54) is 0 Å². The van der Waals surface area contributed by atoms with E-state index in [2.05, 4.69) is 27.5 Å². The molecule has 0 aromatic carbocycles. The molecule has 0 bridgehead atoms. The van der Waals surface area contributed by atoms with Crippen LogP contribution in [0.4, 0.5) is 0 Å². The summed E-state index contributed by atoms with van der Waals surface area (Å²) in [5.74, 6) is 2.76. The van der Waals surface area contributed by atoms with Crippen molar-refractivity contribution in [1.29, 1.82) is 0 Å². The highest BCUT2D eigenvalue weighted by Gasteiger charge is 2.38. The van der Waals surface area contributed by atoms with Gasteiger partial charge in [-0.15, -0.1) is 10.2 Å². The van der Waals surface area contributed by atoms with Gasteiger partial charge in [0.1, 0.15) is 5.82 Å². The molecule has 1 aliphatic carbocycles. The molecule has 4 rings (SSSR count). The van der Waals surface area contributed by atoms with Gasteiger partial charge in [0.25, 0.3) is 5.91 Å². The first-order valence-corrected chi connectivity index (χ1v) is 7.12. The lowest BCUT2D eigenvalue weighted by atomic mass is 9.89. The highest BCUT2D eigenvalue weighted by atomic mass is 16.2. The number of carbonyl (C=O) groups is 1. The van der Waals surface area contributed by atoms with Crippen molar-refractivity contribution in [3.8, 4) is 0 Å². The van der Waals surface area contributed by atoms with Crippen LogP contribution in [0, 0.1) is 11.8 Å². The number of hydrogen-bond donors (Lipinski definition) is 1. The van der Waals surface area contributed by atoms with Crippen molar-refractivity contribution >= 4 is 5.91 Å². The Morgan fingerprint density at radius 1 is 1.21 bits per heavy atom. The highest BCUT2D eigenvalue weighted by Crippen LogP contribution is 2.31. The molecule has 0 radical (unpaired) electrons. The Kier molecular flexibility index (Phi) is 2.42. The molecule has 1 aromatic rings. The first-order valence-electron chi connectivity index (χ1n) is 7.12. The second-order valence-corrected chi connectivity index (χ2v) is 6.24. The molecule has 2 fully saturated rings. The Hall–Kier alpha value is -1.43. The van der Waals surface area contributed by atoms with Crippen LogP contribution in [-0.4, -0.2) is 51.8 Å². The molecule has 3 heterocycles. The summed E-state index contributed by atoms with van der Waals surface area (Å²) in [6, 6.07) is 0.370. The zero-order valence-corrected chi connectivity index (χ0v) is 11.2. The average molecular weight is 261 g/mol. The number of hydrogen-bond acceptors (Lipinski definition) is 4. The quantitative estimate of drug-likeness (QED) is 0.808. The second kappa shape index (κ2) is 4.03. The van der Waals surface area contributed by atoms with Crippen LogP contribution in [0.3, 0.4) is 0 Å². The number of rotatable bonds is 2. The van der Waals surface area contributed by atoms with E-state index in [-0.39, 0.29) is 5.91 Å². The molecule has 3 aliphatic rings. The molecule has 2 atom stereocenters. The van der Waals surface area contributed by atoms with E-state index in [0.717, 1.165) is 44.7 Å². The number of aromatic nitrogens is 3. The minimum absolute atomic E-state index is 0.0500. The normalized spacial score (nSPS) is 29.9. The van der Waals surface area contributed by atoms with E-state index in [1.807, 2.05) is 4.57 Å². The standard InChI is InChI=1S/C13H19N5O/c1-17-5-8-4-11-15-16-12(13(19)14-10-2-3-10)18(11)7-9(8)6-17/h8-10H,2-7H2,1H3,(H,14,19)/t8-,9-/m1/s1. The monoisotopic (exact) mass is 261 g/mol. The largest absolute Gasteiger partial charge is 0.347 e. The molecule has 19 heavy (non-hydrogen) atoms. The number of amides is 1. The zero-order valence-electron chi connectivity index (χ0n) is 11.2. The summed E-state index contributed by atoms with van der Waals surface area (Å²) in [5, 5.41) is 11.3. The van der Waals surface area contributed by atoms with Gasteiger partial charge in [0, 0.05) is 32.1 Å². The van der Waals surface area contributed by atoms with Crippen molar-refractivity contribution in [2.75, 3.05) is 20.1 Å². The molecule has 1 N–H and O–H groups in total. The molecular formula is C13H19N5O. The number of nitrogens with one attached hydrogen (secondary N) is 1. The Labute approximate surface area is 112 Å². The first-order chi connectivity index (χ1) is 9.20. The van der Waals surface area contributed by atoms with E-state index in [0.29, 0.717) is 23.7 Å². The Bertz CT molecular complexity index is 521. The summed E-state index contributed by atoms with van der Waals surface area (Å²) in [4.78, 5) is 14.5. The van der Waals surface area contributed by atoms with Gasteiger partial charge in [0.2, 0.25) is 5.82 Å². The van der Waals surface area contributed by atoms with Crippen LogP contribution in [0.5, 0.6) is 0 Å². The predicted octanol–water partition coefficient (Wildman–Crippen LogP) is -0.0958. The average Bonchev–Trinajstić information content (AvgIpc) is 2.96. The van der Waals surface area contributed by atoms with E-state index in [1.54, 1.807) is 0 Å². The van der Waals surface area contributed by atoms with Crippen LogP contribution in [-0.2, 0) is 13.0 Å². The summed E-state index contributed by atoms with van der Waals surface area (Å²) in [6.45, 7) is 3.15. The van der Waals surface area contributed by atoms with Crippen LogP contribution >= 0.6 is 0 Å². The molecule has 102 valence electrons. The van der Waals surface area contributed by atoms with Crippen molar-refractivity contribution in [1.82, 2.24) is 25.0 Å². The smallest absolute Gasteiger partial charge is 0.289 e.